The van der Waals surface area contributed by atoms with Crippen molar-refractivity contribution in [2.75, 3.05) is 23.7 Å². The number of carbonyl (C=O) groups is 1. The Morgan fingerprint density at radius 3 is 2.37 bits per heavy atom. The Morgan fingerprint density at radius 1 is 1.37 bits per heavy atom. The van der Waals surface area contributed by atoms with Crippen LogP contribution >= 0.6 is 11.3 Å². The fraction of sp³-hybridized carbons (Fsp3) is 0.667. The van der Waals surface area contributed by atoms with Gasteiger partial charge in [-0.1, -0.05) is 13.8 Å². The van der Waals surface area contributed by atoms with Gasteiger partial charge in [0.25, 0.3) is 0 Å². The van der Waals surface area contributed by atoms with Gasteiger partial charge in [0, 0.05) is 24.6 Å². The molecular weight excluding hydrogens is 256 g/mol. The number of hydrogen-bond acceptors (Lipinski definition) is 4. The van der Waals surface area contributed by atoms with Crippen molar-refractivity contribution >= 4 is 27.8 Å². The van der Waals surface area contributed by atoms with Crippen molar-refractivity contribution in [2.45, 2.75) is 46.5 Å². The molecule has 1 heterocycles. The van der Waals surface area contributed by atoms with Gasteiger partial charge < -0.3 is 10.6 Å². The first-order valence-electron chi connectivity index (χ1n) is 7.22. The van der Waals surface area contributed by atoms with Gasteiger partial charge >= 0.3 is 0 Å². The van der Waals surface area contributed by atoms with Crippen molar-refractivity contribution in [1.29, 1.82) is 0 Å². The van der Waals surface area contributed by atoms with Crippen LogP contribution in [0.5, 0.6) is 0 Å². The van der Waals surface area contributed by atoms with E-state index in [2.05, 4.69) is 18.7 Å². The lowest BCUT2D eigenvalue weighted by Gasteiger charge is -2.20. The van der Waals surface area contributed by atoms with E-state index in [1.165, 1.54) is 23.4 Å². The standard InChI is InChI=1S/C15H24N2OS/c1-5-17(6-2)15-11(10-7-8-10)12(16)14(19-15)13(18)9(3)4/h9-10H,5-8,16H2,1-4H3. The summed E-state index contributed by atoms with van der Waals surface area (Å²) in [7, 11) is 0. The van der Waals surface area contributed by atoms with E-state index in [4.69, 9.17) is 5.73 Å². The van der Waals surface area contributed by atoms with E-state index in [9.17, 15) is 4.79 Å². The van der Waals surface area contributed by atoms with Gasteiger partial charge in [-0.2, -0.15) is 0 Å². The van der Waals surface area contributed by atoms with Crippen LogP contribution < -0.4 is 10.6 Å². The number of nitrogens with zero attached hydrogens (tertiary/aromatic N) is 1. The molecule has 0 unspecified atom stereocenters. The minimum absolute atomic E-state index is 0.0116. The molecule has 0 spiro atoms. The summed E-state index contributed by atoms with van der Waals surface area (Å²) in [5.74, 6) is 0.779. The van der Waals surface area contributed by atoms with Gasteiger partial charge in [0.1, 0.15) is 0 Å². The third kappa shape index (κ3) is 2.64. The highest BCUT2D eigenvalue weighted by molar-refractivity contribution is 7.19. The summed E-state index contributed by atoms with van der Waals surface area (Å²) in [6.07, 6.45) is 2.43. The average molecular weight is 280 g/mol. The maximum absolute atomic E-state index is 12.3. The van der Waals surface area contributed by atoms with Crippen LogP contribution in [0.2, 0.25) is 0 Å². The fourth-order valence-corrected chi connectivity index (χ4v) is 3.93. The molecule has 1 aliphatic rings. The zero-order chi connectivity index (χ0) is 14.2. The lowest BCUT2D eigenvalue weighted by Crippen LogP contribution is -2.21. The van der Waals surface area contributed by atoms with Crippen LogP contribution in [0.15, 0.2) is 0 Å². The number of nitrogen functional groups attached to an aromatic ring is 1. The topological polar surface area (TPSA) is 46.3 Å². The molecule has 1 aromatic heterocycles. The van der Waals surface area contributed by atoms with E-state index in [1.54, 1.807) is 11.3 Å². The third-order valence-corrected chi connectivity index (χ3v) is 5.05. The van der Waals surface area contributed by atoms with Crippen LogP contribution in [-0.4, -0.2) is 18.9 Å². The average Bonchev–Trinajstić information content (AvgIpc) is 3.15. The molecule has 0 radical (unpaired) electrons. The van der Waals surface area contributed by atoms with Crippen molar-refractivity contribution in [1.82, 2.24) is 0 Å². The molecule has 0 amide bonds. The van der Waals surface area contributed by atoms with Crippen molar-refractivity contribution < 1.29 is 4.79 Å². The summed E-state index contributed by atoms with van der Waals surface area (Å²) < 4.78 is 0. The minimum atomic E-state index is 0.0116. The predicted molar refractivity (Wildman–Crippen MR) is 83.4 cm³/mol. The first-order chi connectivity index (χ1) is 9.01. The van der Waals surface area contributed by atoms with Crippen molar-refractivity contribution in [3.05, 3.63) is 10.4 Å². The predicted octanol–water partition coefficient (Wildman–Crippen LogP) is 3.89. The van der Waals surface area contributed by atoms with Crippen LogP contribution in [0.3, 0.4) is 0 Å². The normalized spacial score (nSPS) is 15.0. The molecule has 3 nitrogen and oxygen atoms in total. The second kappa shape index (κ2) is 5.53. The second-order valence-corrected chi connectivity index (χ2v) is 6.53. The van der Waals surface area contributed by atoms with Gasteiger partial charge in [-0.15, -0.1) is 11.3 Å². The Bertz CT molecular complexity index is 471. The van der Waals surface area contributed by atoms with Gasteiger partial charge in [0.2, 0.25) is 0 Å². The number of thiophene rings is 1. The van der Waals surface area contributed by atoms with Crippen molar-refractivity contribution in [2.24, 2.45) is 5.92 Å². The SMILES string of the molecule is CCN(CC)c1sc(C(=O)C(C)C)c(N)c1C1CC1. The molecule has 1 aliphatic carbocycles. The highest BCUT2D eigenvalue weighted by Crippen LogP contribution is 2.52. The summed E-state index contributed by atoms with van der Waals surface area (Å²) in [4.78, 5) is 15.4. The second-order valence-electron chi connectivity index (χ2n) is 5.53. The smallest absolute Gasteiger partial charge is 0.177 e. The molecule has 19 heavy (non-hydrogen) atoms. The third-order valence-electron chi connectivity index (χ3n) is 3.75. The van der Waals surface area contributed by atoms with E-state index in [0.29, 0.717) is 5.92 Å². The Labute approximate surface area is 119 Å². The number of carbonyl (C=O) groups excluding carboxylic acids is 1. The molecule has 0 aliphatic heterocycles. The molecule has 1 saturated carbocycles. The Balaban J connectivity index is 2.47. The molecule has 4 heteroatoms. The van der Waals surface area contributed by atoms with Gasteiger partial charge in [-0.05, 0) is 32.6 Å². The molecular formula is C15H24N2OS. The van der Waals surface area contributed by atoms with E-state index in [-0.39, 0.29) is 11.7 Å². The fourth-order valence-electron chi connectivity index (χ4n) is 2.40. The highest BCUT2D eigenvalue weighted by Gasteiger charge is 2.34. The van der Waals surface area contributed by atoms with Crippen LogP contribution in [0.1, 0.15) is 61.7 Å². The summed E-state index contributed by atoms with van der Waals surface area (Å²) in [5, 5.41) is 1.23. The maximum atomic E-state index is 12.3. The number of nitrogens with two attached hydrogens (primary N) is 1. The van der Waals surface area contributed by atoms with Gasteiger partial charge in [-0.25, -0.2) is 0 Å². The van der Waals surface area contributed by atoms with Crippen LogP contribution in [0, 0.1) is 5.92 Å². The van der Waals surface area contributed by atoms with E-state index >= 15 is 0 Å². The number of hydrogen-bond donors (Lipinski definition) is 1. The Morgan fingerprint density at radius 2 is 1.95 bits per heavy atom. The largest absolute Gasteiger partial charge is 0.397 e. The summed E-state index contributed by atoms with van der Waals surface area (Å²) >= 11 is 1.60. The molecule has 0 saturated heterocycles. The first-order valence-corrected chi connectivity index (χ1v) is 8.04. The highest BCUT2D eigenvalue weighted by atomic mass is 32.1. The number of rotatable bonds is 6. The zero-order valence-corrected chi connectivity index (χ0v) is 13.1. The maximum Gasteiger partial charge on any atom is 0.177 e. The lowest BCUT2D eigenvalue weighted by molar-refractivity contribution is 0.0944. The van der Waals surface area contributed by atoms with Gasteiger partial charge in [-0.3, -0.25) is 4.79 Å². The lowest BCUT2D eigenvalue weighted by atomic mass is 10.0. The number of ketones is 1. The van der Waals surface area contributed by atoms with E-state index < -0.39 is 0 Å². The molecule has 1 aromatic rings. The Hall–Kier alpha value is -1.03. The summed E-state index contributed by atoms with van der Waals surface area (Å²) in [6.45, 7) is 10.1. The quantitative estimate of drug-likeness (QED) is 0.804. The minimum Gasteiger partial charge on any atom is -0.397 e. The van der Waals surface area contributed by atoms with Crippen LogP contribution in [0.25, 0.3) is 0 Å². The van der Waals surface area contributed by atoms with Crippen LogP contribution in [-0.2, 0) is 0 Å². The number of Topliss-reactive ketones (excluding diaryl/α,β-unsaturated/α-hetero) is 1. The molecule has 0 aromatic carbocycles. The summed E-state index contributed by atoms with van der Waals surface area (Å²) in [5.41, 5.74) is 8.30. The van der Waals surface area contributed by atoms with Gasteiger partial charge in [0.05, 0.1) is 15.6 Å². The summed E-state index contributed by atoms with van der Waals surface area (Å²) in [6, 6.07) is 0. The van der Waals surface area contributed by atoms with Gasteiger partial charge in [0.15, 0.2) is 5.78 Å². The zero-order valence-electron chi connectivity index (χ0n) is 12.3. The van der Waals surface area contributed by atoms with Crippen molar-refractivity contribution in [3.63, 3.8) is 0 Å². The van der Waals surface area contributed by atoms with Crippen LogP contribution in [0.4, 0.5) is 10.7 Å². The Kier molecular flexibility index (Phi) is 4.19. The molecule has 2 rings (SSSR count). The van der Waals surface area contributed by atoms with E-state index in [1.807, 2.05) is 13.8 Å². The van der Waals surface area contributed by atoms with Crippen molar-refractivity contribution in [3.8, 4) is 0 Å². The number of anilines is 2. The molecule has 2 N–H and O–H groups in total. The molecule has 1 fully saturated rings. The first kappa shape index (κ1) is 14.4. The molecule has 0 bridgehead atoms. The molecule has 0 atom stereocenters. The van der Waals surface area contributed by atoms with E-state index in [0.717, 1.165) is 23.7 Å². The monoisotopic (exact) mass is 280 g/mol. The molecule has 106 valence electrons.